The van der Waals surface area contributed by atoms with Gasteiger partial charge in [-0.1, -0.05) is 6.92 Å². The van der Waals surface area contributed by atoms with Crippen LogP contribution in [-0.2, 0) is 4.79 Å². The second kappa shape index (κ2) is 5.17. The maximum atomic E-state index is 12.6. The Balaban J connectivity index is 1.63. The summed E-state index contributed by atoms with van der Waals surface area (Å²) in [5.41, 5.74) is 0. The number of rotatable bonds is 5. The zero-order chi connectivity index (χ0) is 12.3. The highest BCUT2D eigenvalue weighted by atomic mass is 19.1. The number of benzene rings is 1. The standard InChI is InChI=1S/C13H16FNO2/c1-9-8-12(9)13(16)15-6-7-17-11-4-2-10(14)3-5-11/h2-5,9,12H,6-8H2,1H3,(H,15,16)/t9-,12-/m0/s1. The SMILES string of the molecule is C[C@H]1C[C@@H]1C(=O)NCCOc1ccc(F)cc1. The van der Waals surface area contributed by atoms with Crippen molar-refractivity contribution >= 4 is 5.91 Å². The fourth-order valence-corrected chi connectivity index (χ4v) is 1.69. The summed E-state index contributed by atoms with van der Waals surface area (Å²) in [5, 5.41) is 2.82. The summed E-state index contributed by atoms with van der Waals surface area (Å²) < 4.78 is 18.0. The van der Waals surface area contributed by atoms with Crippen LogP contribution in [0.3, 0.4) is 0 Å². The summed E-state index contributed by atoms with van der Waals surface area (Å²) in [6, 6.07) is 5.83. The Hall–Kier alpha value is -1.58. The maximum absolute atomic E-state index is 12.6. The van der Waals surface area contributed by atoms with Crippen LogP contribution < -0.4 is 10.1 Å². The Morgan fingerprint density at radius 2 is 2.12 bits per heavy atom. The molecule has 1 amide bonds. The van der Waals surface area contributed by atoms with Gasteiger partial charge in [0.2, 0.25) is 5.91 Å². The van der Waals surface area contributed by atoms with E-state index in [1.165, 1.54) is 12.1 Å². The van der Waals surface area contributed by atoms with Gasteiger partial charge in [-0.05, 0) is 36.6 Å². The number of amides is 1. The van der Waals surface area contributed by atoms with E-state index >= 15 is 0 Å². The second-order valence-electron chi connectivity index (χ2n) is 4.41. The van der Waals surface area contributed by atoms with Crippen molar-refractivity contribution in [2.24, 2.45) is 11.8 Å². The van der Waals surface area contributed by atoms with E-state index in [1.807, 2.05) is 0 Å². The first-order valence-electron chi connectivity index (χ1n) is 5.83. The molecule has 3 nitrogen and oxygen atoms in total. The van der Waals surface area contributed by atoms with E-state index in [0.717, 1.165) is 6.42 Å². The van der Waals surface area contributed by atoms with Crippen LogP contribution in [0.4, 0.5) is 4.39 Å². The molecule has 1 saturated carbocycles. The Kier molecular flexibility index (Phi) is 3.61. The lowest BCUT2D eigenvalue weighted by atomic mass is 10.3. The molecule has 4 heteroatoms. The molecule has 1 aromatic carbocycles. The highest BCUT2D eigenvalue weighted by Gasteiger charge is 2.38. The maximum Gasteiger partial charge on any atom is 0.223 e. The second-order valence-corrected chi connectivity index (χ2v) is 4.41. The molecular formula is C13H16FNO2. The van der Waals surface area contributed by atoms with Crippen LogP contribution in [0.15, 0.2) is 24.3 Å². The molecule has 2 rings (SSSR count). The van der Waals surface area contributed by atoms with Gasteiger partial charge in [-0.15, -0.1) is 0 Å². The Labute approximate surface area is 100.0 Å². The molecule has 1 N–H and O–H groups in total. The van der Waals surface area contributed by atoms with E-state index in [0.29, 0.717) is 24.8 Å². The lowest BCUT2D eigenvalue weighted by Crippen LogP contribution is -2.29. The molecule has 2 atom stereocenters. The first-order chi connectivity index (χ1) is 8.16. The van der Waals surface area contributed by atoms with E-state index in [1.54, 1.807) is 12.1 Å². The molecule has 0 bridgehead atoms. The largest absolute Gasteiger partial charge is 0.492 e. The van der Waals surface area contributed by atoms with Crippen molar-refractivity contribution in [3.05, 3.63) is 30.1 Å². The highest BCUT2D eigenvalue weighted by Crippen LogP contribution is 2.37. The van der Waals surface area contributed by atoms with Gasteiger partial charge >= 0.3 is 0 Å². The number of carbonyl (C=O) groups excluding carboxylic acids is 1. The van der Waals surface area contributed by atoms with Gasteiger partial charge in [-0.2, -0.15) is 0 Å². The Morgan fingerprint density at radius 1 is 1.47 bits per heavy atom. The fourth-order valence-electron chi connectivity index (χ4n) is 1.69. The van der Waals surface area contributed by atoms with E-state index in [9.17, 15) is 9.18 Å². The molecule has 1 aliphatic carbocycles. The fraction of sp³-hybridized carbons (Fsp3) is 0.462. The molecule has 92 valence electrons. The summed E-state index contributed by atoms with van der Waals surface area (Å²) in [4.78, 5) is 11.5. The number of halogens is 1. The van der Waals surface area contributed by atoms with Crippen LogP contribution in [0.2, 0.25) is 0 Å². The number of hydrogen-bond acceptors (Lipinski definition) is 2. The predicted octanol–water partition coefficient (Wildman–Crippen LogP) is 1.98. The minimum absolute atomic E-state index is 0.111. The van der Waals surface area contributed by atoms with Crippen molar-refractivity contribution in [1.29, 1.82) is 0 Å². The van der Waals surface area contributed by atoms with Crippen molar-refractivity contribution < 1.29 is 13.9 Å². The van der Waals surface area contributed by atoms with Gasteiger partial charge in [0.05, 0.1) is 6.54 Å². The molecule has 0 aliphatic heterocycles. The van der Waals surface area contributed by atoms with E-state index < -0.39 is 0 Å². The third-order valence-electron chi connectivity index (χ3n) is 2.93. The summed E-state index contributed by atoms with van der Waals surface area (Å²) >= 11 is 0. The molecular weight excluding hydrogens is 221 g/mol. The monoisotopic (exact) mass is 237 g/mol. The minimum Gasteiger partial charge on any atom is -0.492 e. The molecule has 0 heterocycles. The lowest BCUT2D eigenvalue weighted by Gasteiger charge is -2.07. The summed E-state index contributed by atoms with van der Waals surface area (Å²) in [7, 11) is 0. The topological polar surface area (TPSA) is 38.3 Å². The number of hydrogen-bond donors (Lipinski definition) is 1. The molecule has 17 heavy (non-hydrogen) atoms. The van der Waals surface area contributed by atoms with Gasteiger partial charge in [0, 0.05) is 5.92 Å². The first kappa shape index (κ1) is 11.9. The normalized spacial score (nSPS) is 22.0. The summed E-state index contributed by atoms with van der Waals surface area (Å²) in [6.07, 6.45) is 0.991. The van der Waals surface area contributed by atoms with Crippen molar-refractivity contribution in [1.82, 2.24) is 5.32 Å². The predicted molar refractivity (Wildman–Crippen MR) is 62.2 cm³/mol. The third-order valence-corrected chi connectivity index (χ3v) is 2.93. The van der Waals surface area contributed by atoms with Crippen molar-refractivity contribution in [2.45, 2.75) is 13.3 Å². The van der Waals surface area contributed by atoms with Crippen LogP contribution in [0.5, 0.6) is 5.75 Å². The van der Waals surface area contributed by atoms with E-state index in [4.69, 9.17) is 4.74 Å². The van der Waals surface area contributed by atoms with Crippen molar-refractivity contribution in [2.75, 3.05) is 13.2 Å². The molecule has 1 aliphatic rings. The highest BCUT2D eigenvalue weighted by molar-refractivity contribution is 5.81. The third kappa shape index (κ3) is 3.44. The minimum atomic E-state index is -0.284. The van der Waals surface area contributed by atoms with Crippen molar-refractivity contribution in [3.8, 4) is 5.75 Å². The van der Waals surface area contributed by atoms with E-state index in [-0.39, 0.29) is 17.6 Å². The van der Waals surface area contributed by atoms with E-state index in [2.05, 4.69) is 12.2 Å². The van der Waals surface area contributed by atoms with Gasteiger partial charge in [-0.3, -0.25) is 4.79 Å². The molecule has 1 aromatic rings. The van der Waals surface area contributed by atoms with Gasteiger partial charge < -0.3 is 10.1 Å². The summed E-state index contributed by atoms with van der Waals surface area (Å²) in [6.45, 7) is 2.96. The number of ether oxygens (including phenoxy) is 1. The van der Waals surface area contributed by atoms with Gasteiger partial charge in [0.1, 0.15) is 18.2 Å². The quantitative estimate of drug-likeness (QED) is 0.795. The number of carbonyl (C=O) groups is 1. The zero-order valence-corrected chi connectivity index (χ0v) is 9.78. The van der Waals surface area contributed by atoms with Gasteiger partial charge in [0.15, 0.2) is 0 Å². The summed E-state index contributed by atoms with van der Waals surface area (Å²) in [5.74, 6) is 1.16. The molecule has 1 fully saturated rings. The Morgan fingerprint density at radius 3 is 2.71 bits per heavy atom. The van der Waals surface area contributed by atoms with Gasteiger partial charge in [-0.25, -0.2) is 4.39 Å². The molecule has 0 unspecified atom stereocenters. The average Bonchev–Trinajstić information content (AvgIpc) is 3.04. The van der Waals surface area contributed by atoms with Crippen LogP contribution in [0.1, 0.15) is 13.3 Å². The van der Waals surface area contributed by atoms with Crippen molar-refractivity contribution in [3.63, 3.8) is 0 Å². The molecule has 0 saturated heterocycles. The van der Waals surface area contributed by atoms with Crippen LogP contribution in [0.25, 0.3) is 0 Å². The molecule has 0 radical (unpaired) electrons. The van der Waals surface area contributed by atoms with Crippen LogP contribution >= 0.6 is 0 Å². The molecule has 0 aromatic heterocycles. The molecule has 0 spiro atoms. The van der Waals surface area contributed by atoms with Crippen LogP contribution in [0, 0.1) is 17.7 Å². The Bertz CT molecular complexity index is 391. The zero-order valence-electron chi connectivity index (χ0n) is 9.78. The van der Waals surface area contributed by atoms with Gasteiger partial charge in [0.25, 0.3) is 0 Å². The first-order valence-corrected chi connectivity index (χ1v) is 5.83. The lowest BCUT2D eigenvalue weighted by molar-refractivity contribution is -0.122. The van der Waals surface area contributed by atoms with Crippen LogP contribution in [-0.4, -0.2) is 19.1 Å². The number of nitrogens with one attached hydrogen (secondary N) is 1. The average molecular weight is 237 g/mol. The smallest absolute Gasteiger partial charge is 0.223 e.